The van der Waals surface area contributed by atoms with E-state index in [-0.39, 0.29) is 43.4 Å². The van der Waals surface area contributed by atoms with Crippen molar-refractivity contribution in [2.45, 2.75) is 69.3 Å². The average Bonchev–Trinajstić information content (AvgIpc) is 3.19. The summed E-state index contributed by atoms with van der Waals surface area (Å²) in [4.78, 5) is 27.2. The second kappa shape index (κ2) is 8.96. The van der Waals surface area contributed by atoms with Crippen LogP contribution in [0.2, 0.25) is 0 Å². The molecule has 3 aliphatic carbocycles. The molecule has 0 spiro atoms. The molecule has 1 aromatic rings. The molecular weight excluding hydrogens is 397 g/mol. The van der Waals surface area contributed by atoms with Crippen molar-refractivity contribution in [2.24, 2.45) is 11.8 Å². The lowest BCUT2D eigenvalue weighted by molar-refractivity contribution is -0.162. The van der Waals surface area contributed by atoms with Gasteiger partial charge in [-0.05, 0) is 50.5 Å². The molecule has 1 aliphatic heterocycles. The van der Waals surface area contributed by atoms with Gasteiger partial charge in [-0.25, -0.2) is 4.39 Å². The molecule has 4 aliphatic rings. The van der Waals surface area contributed by atoms with Crippen LogP contribution in [0.25, 0.3) is 0 Å². The Morgan fingerprint density at radius 1 is 1.29 bits per heavy atom. The Morgan fingerprint density at radius 3 is 2.68 bits per heavy atom. The quantitative estimate of drug-likeness (QED) is 0.705. The van der Waals surface area contributed by atoms with Crippen LogP contribution >= 0.6 is 0 Å². The molecule has 0 aromatic heterocycles. The van der Waals surface area contributed by atoms with Crippen LogP contribution in [-0.4, -0.2) is 47.6 Å². The van der Waals surface area contributed by atoms with Crippen LogP contribution in [-0.2, 0) is 14.3 Å². The summed E-state index contributed by atoms with van der Waals surface area (Å²) in [5.41, 5.74) is 0.473. The molecule has 4 atom stereocenters. The number of hydrogen-bond donors (Lipinski definition) is 1. The molecule has 166 valence electrons. The molecule has 5 rings (SSSR count). The lowest BCUT2D eigenvalue weighted by atomic mass is 9.59. The van der Waals surface area contributed by atoms with E-state index >= 15 is 0 Å². The maximum absolute atomic E-state index is 13.7. The van der Waals surface area contributed by atoms with E-state index in [0.717, 1.165) is 37.7 Å². The van der Waals surface area contributed by atoms with Gasteiger partial charge >= 0.3 is 5.97 Å². The van der Waals surface area contributed by atoms with Crippen LogP contribution in [0.3, 0.4) is 0 Å². The number of fused-ring (bicyclic) bond motifs is 3. The molecule has 1 unspecified atom stereocenters. The summed E-state index contributed by atoms with van der Waals surface area (Å²) in [5, 5.41) is 12.6. The second-order valence-electron chi connectivity index (χ2n) is 9.26. The Morgan fingerprint density at radius 2 is 2.00 bits per heavy atom. The van der Waals surface area contributed by atoms with Crippen molar-refractivity contribution in [2.75, 3.05) is 13.1 Å². The number of nitriles is 1. The molecule has 6 nitrogen and oxygen atoms in total. The van der Waals surface area contributed by atoms with Gasteiger partial charge in [0.1, 0.15) is 18.3 Å². The highest BCUT2D eigenvalue weighted by Crippen LogP contribution is 2.48. The Labute approximate surface area is 182 Å². The highest BCUT2D eigenvalue weighted by molar-refractivity contribution is 5.80. The Hall–Kier alpha value is -2.46. The van der Waals surface area contributed by atoms with Gasteiger partial charge in [0.05, 0.1) is 25.1 Å². The maximum Gasteiger partial charge on any atom is 0.311 e. The number of hydrogen-bond acceptors (Lipinski definition) is 5. The summed E-state index contributed by atoms with van der Waals surface area (Å²) in [6, 6.07) is 11.0. The van der Waals surface area contributed by atoms with E-state index in [9.17, 15) is 19.2 Å². The monoisotopic (exact) mass is 427 g/mol. The van der Waals surface area contributed by atoms with Gasteiger partial charge in [-0.2, -0.15) is 5.26 Å². The molecule has 1 heterocycles. The number of benzene rings is 1. The number of alkyl halides is 1. The number of amides is 1. The zero-order valence-corrected chi connectivity index (χ0v) is 17.9. The normalized spacial score (nSPS) is 33.0. The molecule has 1 saturated heterocycles. The third kappa shape index (κ3) is 4.45. The van der Waals surface area contributed by atoms with Crippen molar-refractivity contribution in [3.63, 3.8) is 0 Å². The summed E-state index contributed by atoms with van der Waals surface area (Å²) >= 11 is 0. The number of nitrogens with zero attached hydrogens (tertiary/aromatic N) is 2. The molecule has 4 fully saturated rings. The van der Waals surface area contributed by atoms with Gasteiger partial charge in [0, 0.05) is 12.0 Å². The third-order valence-electron chi connectivity index (χ3n) is 7.39. The van der Waals surface area contributed by atoms with Crippen molar-refractivity contribution in [3.8, 4) is 6.07 Å². The lowest BCUT2D eigenvalue weighted by Crippen LogP contribution is -2.61. The van der Waals surface area contributed by atoms with E-state index in [4.69, 9.17) is 4.74 Å². The van der Waals surface area contributed by atoms with Gasteiger partial charge in [0.15, 0.2) is 0 Å². The van der Waals surface area contributed by atoms with Gasteiger partial charge < -0.3 is 15.0 Å². The number of likely N-dealkylation sites (tertiary alicyclic amines) is 1. The lowest BCUT2D eigenvalue weighted by Gasteiger charge is -2.51. The van der Waals surface area contributed by atoms with Crippen LogP contribution in [0, 0.1) is 23.2 Å². The minimum absolute atomic E-state index is 0.00753. The zero-order valence-electron chi connectivity index (χ0n) is 17.9. The first-order valence-electron chi connectivity index (χ1n) is 11.3. The second-order valence-corrected chi connectivity index (χ2v) is 9.26. The van der Waals surface area contributed by atoms with Crippen LogP contribution in [0.1, 0.15) is 57.1 Å². The summed E-state index contributed by atoms with van der Waals surface area (Å²) in [6.45, 7) is 1.85. The molecule has 1 aromatic carbocycles. The number of rotatable bonds is 6. The molecule has 31 heavy (non-hydrogen) atoms. The van der Waals surface area contributed by atoms with Gasteiger partial charge in [0.25, 0.3) is 0 Å². The van der Waals surface area contributed by atoms with Crippen LogP contribution in [0.4, 0.5) is 4.39 Å². The molecule has 1 N–H and O–H groups in total. The third-order valence-corrected chi connectivity index (χ3v) is 7.39. The minimum Gasteiger partial charge on any atom is -0.458 e. The first-order chi connectivity index (χ1) is 14.9. The Kier molecular flexibility index (Phi) is 6.29. The predicted octanol–water partition coefficient (Wildman–Crippen LogP) is 3.29. The van der Waals surface area contributed by atoms with Crippen LogP contribution in [0.5, 0.6) is 0 Å². The average molecular weight is 428 g/mol. The standard InChI is InChI=1S/C24H30FN3O3/c1-16(18-5-3-2-4-6-18)31-23(30)21-11-17-7-9-24(21,10-8-17)27-14-22(29)28-15-19(25)12-20(28)13-26/h2-6,16-17,19-21,27H,7-12,14-15H2,1H3/t16-,17?,19+,20+,21?,24?/m1/s1. The first kappa shape index (κ1) is 21.8. The van der Waals surface area contributed by atoms with E-state index in [0.29, 0.717) is 5.92 Å². The molecular formula is C24H30FN3O3. The van der Waals surface area contributed by atoms with E-state index in [1.54, 1.807) is 0 Å². The molecule has 2 bridgehead atoms. The van der Waals surface area contributed by atoms with E-state index < -0.39 is 17.8 Å². The van der Waals surface area contributed by atoms with Crippen LogP contribution < -0.4 is 5.32 Å². The van der Waals surface area contributed by atoms with Crippen molar-refractivity contribution in [1.82, 2.24) is 10.2 Å². The van der Waals surface area contributed by atoms with E-state index in [2.05, 4.69) is 5.32 Å². The van der Waals surface area contributed by atoms with Crippen molar-refractivity contribution in [1.29, 1.82) is 5.26 Å². The van der Waals surface area contributed by atoms with Gasteiger partial charge in [0.2, 0.25) is 5.91 Å². The highest BCUT2D eigenvalue weighted by atomic mass is 19.1. The fraction of sp³-hybridized carbons (Fsp3) is 0.625. The van der Waals surface area contributed by atoms with E-state index in [1.807, 2.05) is 43.3 Å². The van der Waals surface area contributed by atoms with Gasteiger partial charge in [-0.15, -0.1) is 0 Å². The van der Waals surface area contributed by atoms with Gasteiger partial charge in [-0.3, -0.25) is 9.59 Å². The van der Waals surface area contributed by atoms with Crippen LogP contribution in [0.15, 0.2) is 30.3 Å². The molecule has 0 radical (unpaired) electrons. The number of carbonyl (C=O) groups is 2. The Balaban J connectivity index is 1.43. The van der Waals surface area contributed by atoms with Crippen molar-refractivity contribution < 1.29 is 18.7 Å². The highest BCUT2D eigenvalue weighted by Gasteiger charge is 2.52. The molecule has 1 amide bonds. The maximum atomic E-state index is 13.7. The number of halogens is 1. The first-order valence-corrected chi connectivity index (χ1v) is 11.3. The summed E-state index contributed by atoms with van der Waals surface area (Å²) in [5.74, 6) is -0.296. The summed E-state index contributed by atoms with van der Waals surface area (Å²) < 4.78 is 19.6. The largest absolute Gasteiger partial charge is 0.458 e. The number of esters is 1. The van der Waals surface area contributed by atoms with E-state index in [1.165, 1.54) is 4.90 Å². The molecule has 3 saturated carbocycles. The van der Waals surface area contributed by atoms with Crippen molar-refractivity contribution in [3.05, 3.63) is 35.9 Å². The van der Waals surface area contributed by atoms with Gasteiger partial charge in [-0.1, -0.05) is 30.3 Å². The smallest absolute Gasteiger partial charge is 0.311 e. The summed E-state index contributed by atoms with van der Waals surface area (Å²) in [6.07, 6.45) is 3.02. The fourth-order valence-electron chi connectivity index (χ4n) is 5.54. The zero-order chi connectivity index (χ0) is 22.0. The number of nitrogens with one attached hydrogen (secondary N) is 1. The predicted molar refractivity (Wildman–Crippen MR) is 112 cm³/mol. The summed E-state index contributed by atoms with van der Waals surface area (Å²) in [7, 11) is 0. The number of carbonyl (C=O) groups excluding carboxylic acids is 2. The molecule has 7 heteroatoms. The topological polar surface area (TPSA) is 82.4 Å². The number of ether oxygens (including phenoxy) is 1. The fourth-order valence-corrected chi connectivity index (χ4v) is 5.54. The minimum atomic E-state index is -1.15. The van der Waals surface area contributed by atoms with Crippen molar-refractivity contribution >= 4 is 11.9 Å². The SMILES string of the molecule is C[C@@H](OC(=O)C1CC2CCC1(NCC(=O)N1C[C@@H](F)C[C@H]1C#N)CC2)c1ccccc1. The Bertz CT molecular complexity index is 847.